The second-order valence-electron chi connectivity index (χ2n) is 7.33. The summed E-state index contributed by atoms with van der Waals surface area (Å²) in [6, 6.07) is 18.5. The molecule has 0 atom stereocenters. The second kappa shape index (κ2) is 8.37. The van der Waals surface area contributed by atoms with Crippen molar-refractivity contribution in [2.75, 3.05) is 31.2 Å². The molecule has 0 spiro atoms. The first-order valence-corrected chi connectivity index (χ1v) is 12.5. The molecule has 1 saturated heterocycles. The predicted octanol–water partition coefficient (Wildman–Crippen LogP) is 4.17. The molecule has 1 aliphatic heterocycles. The van der Waals surface area contributed by atoms with Crippen molar-refractivity contribution in [2.24, 2.45) is 0 Å². The smallest absolute Gasteiger partial charge is 0.183 e. The van der Waals surface area contributed by atoms with E-state index in [-0.39, 0.29) is 5.75 Å². The van der Waals surface area contributed by atoms with Gasteiger partial charge >= 0.3 is 0 Å². The van der Waals surface area contributed by atoms with E-state index in [0.29, 0.717) is 18.1 Å². The van der Waals surface area contributed by atoms with E-state index >= 15 is 0 Å². The van der Waals surface area contributed by atoms with Crippen LogP contribution >= 0.6 is 11.3 Å². The van der Waals surface area contributed by atoms with Crippen LogP contribution in [0.4, 0.5) is 5.82 Å². The van der Waals surface area contributed by atoms with Gasteiger partial charge in [0.05, 0.1) is 34.4 Å². The van der Waals surface area contributed by atoms with Gasteiger partial charge in [-0.05, 0) is 17.5 Å². The van der Waals surface area contributed by atoms with Crippen LogP contribution in [-0.4, -0.2) is 44.7 Å². The number of fused-ring (bicyclic) bond motifs is 1. The molecule has 0 aliphatic carbocycles. The molecule has 0 radical (unpaired) electrons. The van der Waals surface area contributed by atoms with Gasteiger partial charge in [-0.3, -0.25) is 0 Å². The Morgan fingerprint density at radius 2 is 1.65 bits per heavy atom. The van der Waals surface area contributed by atoms with E-state index < -0.39 is 9.84 Å². The number of nitrogens with zero attached hydrogens (tertiary/aromatic N) is 3. The Morgan fingerprint density at radius 3 is 2.42 bits per heavy atom. The van der Waals surface area contributed by atoms with Gasteiger partial charge in [-0.25, -0.2) is 18.4 Å². The largest absolute Gasteiger partial charge is 0.378 e. The maximum Gasteiger partial charge on any atom is 0.183 e. The third kappa shape index (κ3) is 4.06. The molecule has 0 bridgehead atoms. The standard InChI is InChI=1S/C23H21N3O3S2/c27-31(28,17-6-2-1-3-7-17)15-21-18-8-4-5-9-19(18)23(30-21)20-14-22(25-16-24-20)26-10-12-29-13-11-26/h1-9,14,16H,10-13,15H2. The van der Waals surface area contributed by atoms with Gasteiger partial charge in [0.1, 0.15) is 12.1 Å². The molecule has 0 saturated carbocycles. The van der Waals surface area contributed by atoms with Gasteiger partial charge in [-0.15, -0.1) is 11.3 Å². The molecule has 2 aromatic heterocycles. The number of anilines is 1. The lowest BCUT2D eigenvalue weighted by Crippen LogP contribution is -2.36. The van der Waals surface area contributed by atoms with E-state index in [1.165, 1.54) is 11.3 Å². The number of hydrogen-bond acceptors (Lipinski definition) is 7. The van der Waals surface area contributed by atoms with Gasteiger partial charge in [0.25, 0.3) is 0 Å². The fourth-order valence-electron chi connectivity index (χ4n) is 3.78. The Labute approximate surface area is 185 Å². The molecule has 0 amide bonds. The van der Waals surface area contributed by atoms with E-state index in [1.807, 2.05) is 36.4 Å². The Bertz CT molecular complexity index is 1310. The van der Waals surface area contributed by atoms with Crippen LogP contribution < -0.4 is 4.90 Å². The first-order valence-electron chi connectivity index (χ1n) is 10.1. The van der Waals surface area contributed by atoms with Gasteiger partial charge in [0.15, 0.2) is 9.84 Å². The van der Waals surface area contributed by atoms with Crippen molar-refractivity contribution in [3.63, 3.8) is 0 Å². The monoisotopic (exact) mass is 451 g/mol. The Kier molecular flexibility index (Phi) is 5.43. The van der Waals surface area contributed by atoms with Crippen LogP contribution in [0, 0.1) is 0 Å². The SMILES string of the molecule is O=S(=O)(Cc1sc(-c2cc(N3CCOCC3)ncn2)c2ccccc12)c1ccccc1. The minimum atomic E-state index is -3.44. The Balaban J connectivity index is 1.56. The average Bonchev–Trinajstić information content (AvgIpc) is 3.18. The molecule has 1 fully saturated rings. The number of sulfone groups is 1. The molecule has 31 heavy (non-hydrogen) atoms. The van der Waals surface area contributed by atoms with Crippen LogP contribution in [0.1, 0.15) is 4.88 Å². The van der Waals surface area contributed by atoms with Crippen molar-refractivity contribution in [1.82, 2.24) is 9.97 Å². The molecule has 4 aromatic rings. The van der Waals surface area contributed by atoms with Crippen LogP contribution in [0.15, 0.2) is 71.9 Å². The van der Waals surface area contributed by atoms with Crippen molar-refractivity contribution in [2.45, 2.75) is 10.6 Å². The lowest BCUT2D eigenvalue weighted by atomic mass is 10.1. The topological polar surface area (TPSA) is 72.4 Å². The highest BCUT2D eigenvalue weighted by molar-refractivity contribution is 7.90. The Morgan fingerprint density at radius 1 is 0.935 bits per heavy atom. The van der Waals surface area contributed by atoms with Gasteiger partial charge in [-0.2, -0.15) is 0 Å². The molecule has 0 unspecified atom stereocenters. The molecule has 1 aliphatic rings. The van der Waals surface area contributed by atoms with Crippen LogP contribution in [-0.2, 0) is 20.3 Å². The number of hydrogen-bond donors (Lipinski definition) is 0. The zero-order chi connectivity index (χ0) is 21.3. The van der Waals surface area contributed by atoms with Crippen LogP contribution in [0.2, 0.25) is 0 Å². The third-order valence-electron chi connectivity index (χ3n) is 5.34. The van der Waals surface area contributed by atoms with Crippen molar-refractivity contribution < 1.29 is 13.2 Å². The summed E-state index contributed by atoms with van der Waals surface area (Å²) in [6.07, 6.45) is 1.58. The van der Waals surface area contributed by atoms with E-state index in [4.69, 9.17) is 4.74 Å². The molecule has 158 valence electrons. The van der Waals surface area contributed by atoms with E-state index in [1.54, 1.807) is 30.6 Å². The Hall–Kier alpha value is -2.81. The molecular formula is C23H21N3O3S2. The quantitative estimate of drug-likeness (QED) is 0.454. The highest BCUT2D eigenvalue weighted by Crippen LogP contribution is 2.40. The number of ether oxygens (including phenoxy) is 1. The second-order valence-corrected chi connectivity index (χ2v) is 10.4. The molecule has 5 rings (SSSR count). The summed E-state index contributed by atoms with van der Waals surface area (Å²) in [4.78, 5) is 13.3. The summed E-state index contributed by atoms with van der Waals surface area (Å²) in [5.41, 5.74) is 0.807. The summed E-state index contributed by atoms with van der Waals surface area (Å²) in [5, 5.41) is 1.96. The summed E-state index contributed by atoms with van der Waals surface area (Å²) < 4.78 is 31.5. The van der Waals surface area contributed by atoms with Crippen molar-refractivity contribution in [3.8, 4) is 10.6 Å². The predicted molar refractivity (Wildman–Crippen MR) is 123 cm³/mol. The number of thiophene rings is 1. The van der Waals surface area contributed by atoms with Crippen molar-refractivity contribution in [1.29, 1.82) is 0 Å². The molecule has 8 heteroatoms. The summed E-state index contributed by atoms with van der Waals surface area (Å²) in [5.74, 6) is 0.827. The molecule has 3 heterocycles. The summed E-state index contributed by atoms with van der Waals surface area (Å²) >= 11 is 1.49. The van der Waals surface area contributed by atoms with Gasteiger partial charge < -0.3 is 9.64 Å². The number of benzene rings is 2. The van der Waals surface area contributed by atoms with E-state index in [2.05, 4.69) is 14.9 Å². The molecule has 6 nitrogen and oxygen atoms in total. The third-order valence-corrected chi connectivity index (χ3v) is 8.43. The molecule has 2 aromatic carbocycles. The minimum Gasteiger partial charge on any atom is -0.378 e. The highest BCUT2D eigenvalue weighted by Gasteiger charge is 2.22. The maximum absolute atomic E-state index is 13.0. The average molecular weight is 452 g/mol. The number of morpholine rings is 1. The molecule has 0 N–H and O–H groups in total. The van der Waals surface area contributed by atoms with Crippen LogP contribution in [0.3, 0.4) is 0 Å². The maximum atomic E-state index is 13.0. The van der Waals surface area contributed by atoms with E-state index in [0.717, 1.165) is 45.1 Å². The van der Waals surface area contributed by atoms with Crippen molar-refractivity contribution >= 4 is 37.8 Å². The van der Waals surface area contributed by atoms with Gasteiger partial charge in [0.2, 0.25) is 0 Å². The number of rotatable bonds is 5. The van der Waals surface area contributed by atoms with Crippen LogP contribution in [0.5, 0.6) is 0 Å². The molecular weight excluding hydrogens is 430 g/mol. The van der Waals surface area contributed by atoms with E-state index in [9.17, 15) is 8.42 Å². The number of aromatic nitrogens is 2. The van der Waals surface area contributed by atoms with Gasteiger partial charge in [0, 0.05) is 29.4 Å². The summed E-state index contributed by atoms with van der Waals surface area (Å²) in [7, 11) is -3.44. The zero-order valence-electron chi connectivity index (χ0n) is 16.8. The van der Waals surface area contributed by atoms with Gasteiger partial charge in [-0.1, -0.05) is 42.5 Å². The lowest BCUT2D eigenvalue weighted by molar-refractivity contribution is 0.122. The first-order chi connectivity index (χ1) is 15.1. The summed E-state index contributed by atoms with van der Waals surface area (Å²) in [6.45, 7) is 2.95. The minimum absolute atomic E-state index is 0.0381. The van der Waals surface area contributed by atoms with Crippen molar-refractivity contribution in [3.05, 3.63) is 71.9 Å². The lowest BCUT2D eigenvalue weighted by Gasteiger charge is -2.27. The zero-order valence-corrected chi connectivity index (χ0v) is 18.4. The van der Waals surface area contributed by atoms with Crippen LogP contribution in [0.25, 0.3) is 21.3 Å². The highest BCUT2D eigenvalue weighted by atomic mass is 32.2. The normalized spacial score (nSPS) is 14.8. The first kappa shape index (κ1) is 20.1. The fourth-order valence-corrected chi connectivity index (χ4v) is 6.75. The fraction of sp³-hybridized carbons (Fsp3) is 0.217.